The molecule has 6 nitrogen and oxygen atoms in total. The molecule has 120 valence electrons. The zero-order chi connectivity index (χ0) is 16.1. The van der Waals surface area contributed by atoms with E-state index < -0.39 is 0 Å². The molecule has 0 spiro atoms. The van der Waals surface area contributed by atoms with Gasteiger partial charge in [0.05, 0.1) is 6.54 Å². The van der Waals surface area contributed by atoms with Crippen molar-refractivity contribution in [2.45, 2.75) is 19.4 Å². The molecule has 2 aromatic rings. The first kappa shape index (κ1) is 15.3. The Balaban J connectivity index is 1.49. The number of para-hydroxylation sites is 1. The molecule has 1 atom stereocenters. The maximum atomic E-state index is 12.2. The van der Waals surface area contributed by atoms with E-state index in [-0.39, 0.29) is 18.6 Å². The summed E-state index contributed by atoms with van der Waals surface area (Å²) < 4.78 is 11.3. The molecule has 1 amide bonds. The number of rotatable bonds is 5. The highest BCUT2D eigenvalue weighted by Gasteiger charge is 2.28. The highest BCUT2D eigenvalue weighted by Crippen LogP contribution is 2.18. The van der Waals surface area contributed by atoms with Crippen LogP contribution in [0.5, 0.6) is 11.6 Å². The predicted octanol–water partition coefficient (Wildman–Crippen LogP) is 1.84. The van der Waals surface area contributed by atoms with E-state index in [2.05, 4.69) is 10.2 Å². The van der Waals surface area contributed by atoms with Gasteiger partial charge in [-0.1, -0.05) is 18.2 Å². The summed E-state index contributed by atoms with van der Waals surface area (Å²) in [5.74, 6) is 1.20. The van der Waals surface area contributed by atoms with Gasteiger partial charge in [-0.3, -0.25) is 4.79 Å². The molecule has 1 aromatic heterocycles. The Hall–Kier alpha value is -2.63. The lowest BCUT2D eigenvalue weighted by atomic mass is 10.2. The van der Waals surface area contributed by atoms with Crippen molar-refractivity contribution in [1.29, 1.82) is 0 Å². The highest BCUT2D eigenvalue weighted by atomic mass is 16.5. The standard InChI is InChI=1S/C17H19N3O3/c1-13-5-2-3-6-15(13)22-12-17(21)20-10-8-14(11-20)23-16-7-4-9-18-19-16/h2-7,9,14H,8,10-12H2,1H3/t14-/m0/s1. The van der Waals surface area contributed by atoms with Gasteiger partial charge in [0.15, 0.2) is 6.61 Å². The van der Waals surface area contributed by atoms with E-state index in [1.165, 1.54) is 0 Å². The van der Waals surface area contributed by atoms with E-state index >= 15 is 0 Å². The average molecular weight is 313 g/mol. The van der Waals surface area contributed by atoms with Crippen LogP contribution in [0.3, 0.4) is 0 Å². The van der Waals surface area contributed by atoms with Crippen LogP contribution in [0.25, 0.3) is 0 Å². The van der Waals surface area contributed by atoms with Gasteiger partial charge in [0, 0.05) is 25.2 Å². The molecule has 23 heavy (non-hydrogen) atoms. The zero-order valence-corrected chi connectivity index (χ0v) is 13.0. The Bertz CT molecular complexity index is 663. The second-order valence-electron chi connectivity index (χ2n) is 5.48. The highest BCUT2D eigenvalue weighted by molar-refractivity contribution is 5.78. The second-order valence-corrected chi connectivity index (χ2v) is 5.48. The van der Waals surface area contributed by atoms with Crippen molar-refractivity contribution >= 4 is 5.91 Å². The van der Waals surface area contributed by atoms with Crippen LogP contribution in [0.15, 0.2) is 42.6 Å². The first-order chi connectivity index (χ1) is 11.2. The Kier molecular flexibility index (Phi) is 4.71. The van der Waals surface area contributed by atoms with Crippen LogP contribution < -0.4 is 9.47 Å². The number of hydrogen-bond acceptors (Lipinski definition) is 5. The third-order valence-corrected chi connectivity index (χ3v) is 3.78. The van der Waals surface area contributed by atoms with Gasteiger partial charge >= 0.3 is 0 Å². The van der Waals surface area contributed by atoms with Crippen LogP contribution in [-0.2, 0) is 4.79 Å². The third-order valence-electron chi connectivity index (χ3n) is 3.78. The quantitative estimate of drug-likeness (QED) is 0.843. The van der Waals surface area contributed by atoms with E-state index in [1.807, 2.05) is 31.2 Å². The molecule has 0 bridgehead atoms. The van der Waals surface area contributed by atoms with Crippen LogP contribution in [0, 0.1) is 6.92 Å². The number of likely N-dealkylation sites (tertiary alicyclic amines) is 1. The lowest BCUT2D eigenvalue weighted by molar-refractivity contribution is -0.132. The maximum Gasteiger partial charge on any atom is 0.260 e. The van der Waals surface area contributed by atoms with Gasteiger partial charge in [0.25, 0.3) is 5.91 Å². The topological polar surface area (TPSA) is 64.5 Å². The summed E-state index contributed by atoms with van der Waals surface area (Å²) in [5, 5.41) is 7.67. The third kappa shape index (κ3) is 3.97. The van der Waals surface area contributed by atoms with Crippen molar-refractivity contribution in [2.24, 2.45) is 0 Å². The van der Waals surface area contributed by atoms with Crippen molar-refractivity contribution in [3.63, 3.8) is 0 Å². The lowest BCUT2D eigenvalue weighted by Crippen LogP contribution is -2.34. The molecular formula is C17H19N3O3. The number of amides is 1. The summed E-state index contributed by atoms with van der Waals surface area (Å²) >= 11 is 0. The summed E-state index contributed by atoms with van der Waals surface area (Å²) in [7, 11) is 0. The van der Waals surface area contributed by atoms with Gasteiger partial charge in [-0.25, -0.2) is 0 Å². The molecule has 0 saturated carbocycles. The van der Waals surface area contributed by atoms with Crippen LogP contribution >= 0.6 is 0 Å². The summed E-state index contributed by atoms with van der Waals surface area (Å²) in [6.45, 7) is 3.22. The Morgan fingerprint density at radius 2 is 2.17 bits per heavy atom. The number of ether oxygens (including phenoxy) is 2. The molecule has 3 rings (SSSR count). The van der Waals surface area contributed by atoms with Gasteiger partial charge in [-0.15, -0.1) is 5.10 Å². The molecule has 1 aliphatic heterocycles. The fourth-order valence-electron chi connectivity index (χ4n) is 2.52. The van der Waals surface area contributed by atoms with E-state index in [0.717, 1.165) is 17.7 Å². The molecule has 0 N–H and O–H groups in total. The summed E-state index contributed by atoms with van der Waals surface area (Å²) in [6.07, 6.45) is 2.33. The van der Waals surface area contributed by atoms with E-state index in [1.54, 1.807) is 23.2 Å². The molecule has 0 radical (unpaired) electrons. The van der Waals surface area contributed by atoms with Gasteiger partial charge in [0.2, 0.25) is 5.88 Å². The first-order valence-electron chi connectivity index (χ1n) is 7.63. The van der Waals surface area contributed by atoms with E-state index in [9.17, 15) is 4.79 Å². The Labute approximate surface area is 135 Å². The minimum absolute atomic E-state index is 0.0292. The number of carbonyl (C=O) groups excluding carboxylic acids is 1. The second kappa shape index (κ2) is 7.09. The SMILES string of the molecule is Cc1ccccc1OCC(=O)N1CC[C@H](Oc2cccnn2)C1. The van der Waals surface area contributed by atoms with Crippen molar-refractivity contribution in [1.82, 2.24) is 15.1 Å². The molecule has 0 aliphatic carbocycles. The van der Waals surface area contributed by atoms with Gasteiger partial charge < -0.3 is 14.4 Å². The van der Waals surface area contributed by atoms with Gasteiger partial charge in [-0.2, -0.15) is 5.10 Å². The number of nitrogens with zero attached hydrogens (tertiary/aromatic N) is 3. The molecule has 0 unspecified atom stereocenters. The molecule has 6 heteroatoms. The predicted molar refractivity (Wildman–Crippen MR) is 84.3 cm³/mol. The number of benzene rings is 1. The Morgan fingerprint density at radius 1 is 1.30 bits per heavy atom. The van der Waals surface area contributed by atoms with Crippen molar-refractivity contribution in [2.75, 3.05) is 19.7 Å². The lowest BCUT2D eigenvalue weighted by Gasteiger charge is -2.17. The van der Waals surface area contributed by atoms with Crippen LogP contribution in [0.4, 0.5) is 0 Å². The van der Waals surface area contributed by atoms with Crippen LogP contribution in [-0.4, -0.2) is 46.8 Å². The normalized spacial score (nSPS) is 17.1. The number of aryl methyl sites for hydroxylation is 1. The van der Waals surface area contributed by atoms with Crippen molar-refractivity contribution < 1.29 is 14.3 Å². The minimum Gasteiger partial charge on any atom is -0.484 e. The Morgan fingerprint density at radius 3 is 2.96 bits per heavy atom. The van der Waals surface area contributed by atoms with Crippen LogP contribution in [0.2, 0.25) is 0 Å². The van der Waals surface area contributed by atoms with Crippen molar-refractivity contribution in [3.05, 3.63) is 48.2 Å². The molecule has 1 aromatic carbocycles. The minimum atomic E-state index is -0.0471. The molecule has 1 aliphatic rings. The zero-order valence-electron chi connectivity index (χ0n) is 13.0. The average Bonchev–Trinajstić information content (AvgIpc) is 3.03. The molecular weight excluding hydrogens is 294 g/mol. The number of aromatic nitrogens is 2. The maximum absolute atomic E-state index is 12.2. The molecule has 1 saturated heterocycles. The smallest absolute Gasteiger partial charge is 0.260 e. The fraction of sp³-hybridized carbons (Fsp3) is 0.353. The van der Waals surface area contributed by atoms with E-state index in [4.69, 9.17) is 9.47 Å². The van der Waals surface area contributed by atoms with Crippen molar-refractivity contribution in [3.8, 4) is 11.6 Å². The van der Waals surface area contributed by atoms with Crippen LogP contribution in [0.1, 0.15) is 12.0 Å². The molecule has 2 heterocycles. The van der Waals surface area contributed by atoms with Gasteiger partial charge in [-0.05, 0) is 24.6 Å². The summed E-state index contributed by atoms with van der Waals surface area (Å²) in [6, 6.07) is 11.2. The summed E-state index contributed by atoms with van der Waals surface area (Å²) in [4.78, 5) is 14.0. The first-order valence-corrected chi connectivity index (χ1v) is 7.63. The largest absolute Gasteiger partial charge is 0.484 e. The van der Waals surface area contributed by atoms with E-state index in [0.29, 0.717) is 19.0 Å². The number of hydrogen-bond donors (Lipinski definition) is 0. The monoisotopic (exact) mass is 313 g/mol. The summed E-state index contributed by atoms with van der Waals surface area (Å²) in [5.41, 5.74) is 1.02. The fourth-order valence-corrected chi connectivity index (χ4v) is 2.52. The van der Waals surface area contributed by atoms with Gasteiger partial charge in [0.1, 0.15) is 11.9 Å². The number of carbonyl (C=O) groups is 1. The molecule has 1 fully saturated rings.